The maximum Gasteiger partial charge on any atom is 0.414 e. The number of aromatic nitrogens is 2. The van der Waals surface area contributed by atoms with E-state index in [0.717, 1.165) is 0 Å². The van der Waals surface area contributed by atoms with E-state index in [2.05, 4.69) is 10.3 Å². The fourth-order valence-corrected chi connectivity index (χ4v) is 4.58. The van der Waals surface area contributed by atoms with E-state index >= 15 is 4.39 Å². The minimum atomic E-state index is -0.830. The molecule has 4 rings (SSSR count). The number of imidazole rings is 1. The van der Waals surface area contributed by atoms with Crippen molar-refractivity contribution < 1.29 is 28.7 Å². The lowest BCUT2D eigenvalue weighted by molar-refractivity contribution is -0.392. The molecule has 0 aliphatic carbocycles. The summed E-state index contributed by atoms with van der Waals surface area (Å²) in [5.41, 5.74) is 0.790. The number of β-amino-alcohol motifs (C(OH)–C–C–N with tert-alkyl or cyclic N) is 1. The van der Waals surface area contributed by atoms with Crippen LogP contribution in [0.25, 0.3) is 0 Å². The Balaban J connectivity index is 1.30. The van der Waals surface area contributed by atoms with Crippen molar-refractivity contribution in [3.63, 3.8) is 0 Å². The molecule has 2 aromatic rings. The van der Waals surface area contributed by atoms with Gasteiger partial charge in [-0.1, -0.05) is 0 Å². The molecule has 0 bridgehead atoms. The number of nitrogens with zero attached hydrogens (tertiary/aromatic N) is 6. The van der Waals surface area contributed by atoms with Gasteiger partial charge in [-0.2, -0.15) is 0 Å². The molecule has 13 nitrogen and oxygen atoms in total. The number of amides is 2. The summed E-state index contributed by atoms with van der Waals surface area (Å²) in [6, 6.07) is 4.59. The Morgan fingerprint density at radius 2 is 2.05 bits per heavy atom. The number of nitrogens with one attached hydrogen (secondary N) is 1. The van der Waals surface area contributed by atoms with Crippen molar-refractivity contribution in [3.8, 4) is 0 Å². The summed E-state index contributed by atoms with van der Waals surface area (Å²) in [7, 11) is 0. The number of halogens is 1. The van der Waals surface area contributed by atoms with Gasteiger partial charge in [0.2, 0.25) is 5.91 Å². The standard InChI is InChI=1S/C23H30FN7O6/c1-15-25-11-22(31(35)36)29(15)13-18(33)12-27-5-7-28(8-6-27)21-4-3-17(9-20(21)24)30-14-19(37-23(30)34)10-26-16(2)32/h3-4,9,11,18-19,33H,5-8,10,12-14H2,1-2H3,(H,26,32)/t18?,19-/m1/s1. The number of nitro groups is 1. The molecule has 2 atom stereocenters. The van der Waals surface area contributed by atoms with Crippen LogP contribution in [0.3, 0.4) is 0 Å². The van der Waals surface area contributed by atoms with Gasteiger partial charge in [0.25, 0.3) is 0 Å². The second-order valence-electron chi connectivity index (χ2n) is 9.16. The first-order valence-electron chi connectivity index (χ1n) is 12.0. The Kier molecular flexibility index (Phi) is 7.88. The molecule has 1 aromatic carbocycles. The predicted octanol–water partition coefficient (Wildman–Crippen LogP) is 0.883. The molecule has 2 amide bonds. The largest absolute Gasteiger partial charge is 0.442 e. The highest BCUT2D eigenvalue weighted by Crippen LogP contribution is 2.28. The minimum absolute atomic E-state index is 0.0586. The van der Waals surface area contributed by atoms with Crippen LogP contribution in [0, 0.1) is 22.9 Å². The summed E-state index contributed by atoms with van der Waals surface area (Å²) >= 11 is 0. The highest BCUT2D eigenvalue weighted by Gasteiger charge is 2.33. The number of anilines is 2. The fourth-order valence-electron chi connectivity index (χ4n) is 4.58. The predicted molar refractivity (Wildman–Crippen MR) is 131 cm³/mol. The van der Waals surface area contributed by atoms with E-state index in [4.69, 9.17) is 4.74 Å². The molecule has 2 aliphatic heterocycles. The van der Waals surface area contributed by atoms with Gasteiger partial charge in [0, 0.05) is 46.6 Å². The monoisotopic (exact) mass is 519 g/mol. The average molecular weight is 520 g/mol. The molecule has 37 heavy (non-hydrogen) atoms. The van der Waals surface area contributed by atoms with E-state index in [1.807, 2.05) is 9.80 Å². The van der Waals surface area contributed by atoms with Gasteiger partial charge in [-0.05, 0) is 23.1 Å². The van der Waals surface area contributed by atoms with E-state index in [1.165, 1.54) is 28.7 Å². The van der Waals surface area contributed by atoms with Gasteiger partial charge in [-0.15, -0.1) is 0 Å². The number of aryl methyl sites for hydroxylation is 1. The Bertz CT molecular complexity index is 1170. The van der Waals surface area contributed by atoms with Crippen molar-refractivity contribution in [2.45, 2.75) is 32.6 Å². The highest BCUT2D eigenvalue weighted by molar-refractivity contribution is 5.90. The lowest BCUT2D eigenvalue weighted by Gasteiger charge is -2.37. The third kappa shape index (κ3) is 6.14. The molecular weight excluding hydrogens is 489 g/mol. The van der Waals surface area contributed by atoms with Crippen molar-refractivity contribution in [2.24, 2.45) is 0 Å². The first-order valence-corrected chi connectivity index (χ1v) is 12.0. The Morgan fingerprint density at radius 1 is 1.32 bits per heavy atom. The molecule has 2 fully saturated rings. The van der Waals surface area contributed by atoms with Crippen LogP contribution in [0.4, 0.5) is 26.4 Å². The Labute approximate surface area is 212 Å². The number of carbonyl (C=O) groups excluding carboxylic acids is 2. The maximum atomic E-state index is 15.0. The molecule has 0 radical (unpaired) electrons. The molecule has 0 spiro atoms. The van der Waals surface area contributed by atoms with Crippen LogP contribution in [-0.2, 0) is 16.1 Å². The number of aliphatic hydroxyl groups excluding tert-OH is 1. The molecule has 200 valence electrons. The number of cyclic esters (lactones) is 1. The lowest BCUT2D eigenvalue weighted by atomic mass is 10.2. The number of piperazine rings is 1. The van der Waals surface area contributed by atoms with E-state index in [0.29, 0.717) is 49.9 Å². The van der Waals surface area contributed by atoms with Gasteiger partial charge in [0.15, 0.2) is 5.82 Å². The summed E-state index contributed by atoms with van der Waals surface area (Å²) in [6.07, 6.45) is -0.751. The topological polar surface area (TPSA) is 146 Å². The summed E-state index contributed by atoms with van der Waals surface area (Å²) in [6.45, 7) is 6.01. The highest BCUT2D eigenvalue weighted by atomic mass is 19.1. The Hall–Kier alpha value is -3.78. The zero-order chi connectivity index (χ0) is 26.7. The summed E-state index contributed by atoms with van der Waals surface area (Å²) in [5, 5.41) is 24.3. The van der Waals surface area contributed by atoms with Gasteiger partial charge in [0.1, 0.15) is 30.8 Å². The number of hydrogen-bond donors (Lipinski definition) is 2. The smallest absolute Gasteiger partial charge is 0.414 e. The molecule has 3 heterocycles. The van der Waals surface area contributed by atoms with E-state index in [-0.39, 0.29) is 31.4 Å². The molecule has 1 unspecified atom stereocenters. The van der Waals surface area contributed by atoms with Crippen molar-refractivity contribution in [1.29, 1.82) is 0 Å². The number of hydrogen-bond acceptors (Lipinski definition) is 9. The molecule has 0 saturated carbocycles. The number of aliphatic hydroxyl groups is 1. The van der Waals surface area contributed by atoms with Crippen LogP contribution < -0.4 is 15.1 Å². The molecule has 1 aromatic heterocycles. The number of rotatable bonds is 9. The van der Waals surface area contributed by atoms with Crippen LogP contribution in [0.2, 0.25) is 0 Å². The van der Waals surface area contributed by atoms with Gasteiger partial charge < -0.3 is 30.2 Å². The average Bonchev–Trinajstić information content (AvgIpc) is 3.40. The summed E-state index contributed by atoms with van der Waals surface area (Å²) < 4.78 is 21.7. The van der Waals surface area contributed by atoms with Gasteiger partial charge >= 0.3 is 11.9 Å². The third-order valence-corrected chi connectivity index (χ3v) is 6.49. The quantitative estimate of drug-likeness (QED) is 0.364. The van der Waals surface area contributed by atoms with Crippen LogP contribution in [0.15, 0.2) is 24.4 Å². The van der Waals surface area contributed by atoms with Crippen molar-refractivity contribution in [2.75, 3.05) is 55.6 Å². The fraction of sp³-hybridized carbons (Fsp3) is 0.522. The zero-order valence-electron chi connectivity index (χ0n) is 20.7. The molecule has 2 aliphatic rings. The summed E-state index contributed by atoms with van der Waals surface area (Å²) in [5.74, 6) is -0.394. The number of benzene rings is 1. The van der Waals surface area contributed by atoms with Gasteiger partial charge in [0.05, 0.1) is 24.5 Å². The van der Waals surface area contributed by atoms with E-state index < -0.39 is 29.0 Å². The first kappa shape index (κ1) is 26.3. The summed E-state index contributed by atoms with van der Waals surface area (Å²) in [4.78, 5) is 43.2. The normalized spacial score (nSPS) is 19.1. The van der Waals surface area contributed by atoms with Gasteiger partial charge in [-0.3, -0.25) is 14.6 Å². The number of ether oxygens (including phenoxy) is 1. The van der Waals surface area contributed by atoms with Crippen LogP contribution in [0.1, 0.15) is 12.7 Å². The van der Waals surface area contributed by atoms with Crippen molar-refractivity contribution in [1.82, 2.24) is 19.8 Å². The van der Waals surface area contributed by atoms with Crippen LogP contribution in [-0.4, -0.2) is 94.5 Å². The lowest BCUT2D eigenvalue weighted by Crippen LogP contribution is -2.49. The van der Waals surface area contributed by atoms with E-state index in [9.17, 15) is 24.8 Å². The van der Waals surface area contributed by atoms with Crippen molar-refractivity contribution in [3.05, 3.63) is 46.2 Å². The second-order valence-corrected chi connectivity index (χ2v) is 9.16. The van der Waals surface area contributed by atoms with Gasteiger partial charge in [-0.25, -0.2) is 18.7 Å². The Morgan fingerprint density at radius 3 is 2.70 bits per heavy atom. The molecular formula is C23H30FN7O6. The first-order chi connectivity index (χ1) is 17.6. The third-order valence-electron chi connectivity index (χ3n) is 6.49. The van der Waals surface area contributed by atoms with Crippen LogP contribution >= 0.6 is 0 Å². The SMILES string of the molecule is CC(=O)NC[C@@H]1CN(c2ccc(N3CCN(CC(O)Cn4c([N+](=O)[O-])cnc4C)CC3)c(F)c2)C(=O)O1. The minimum Gasteiger partial charge on any atom is -0.442 e. The molecule has 2 N–H and O–H groups in total. The molecule has 2 saturated heterocycles. The molecule has 14 heteroatoms. The maximum absolute atomic E-state index is 15.0. The van der Waals surface area contributed by atoms with E-state index in [1.54, 1.807) is 19.1 Å². The number of carbonyl (C=O) groups is 2. The van der Waals surface area contributed by atoms with Crippen LogP contribution in [0.5, 0.6) is 0 Å². The zero-order valence-corrected chi connectivity index (χ0v) is 20.7. The van der Waals surface area contributed by atoms with Crippen molar-refractivity contribution >= 4 is 29.2 Å². The second kappa shape index (κ2) is 11.1.